The van der Waals surface area contributed by atoms with E-state index in [-0.39, 0.29) is 5.69 Å². The highest BCUT2D eigenvalue weighted by molar-refractivity contribution is 6.07. The Balaban J connectivity index is 2.33. The summed E-state index contributed by atoms with van der Waals surface area (Å²) in [5.74, 6) is -0.441. The van der Waals surface area contributed by atoms with Gasteiger partial charge in [-0.05, 0) is 25.5 Å². The molecule has 6 nitrogen and oxygen atoms in total. The van der Waals surface area contributed by atoms with E-state index in [1.54, 1.807) is 32.0 Å². The molecule has 0 aliphatic carbocycles. The van der Waals surface area contributed by atoms with Crippen LogP contribution in [0.2, 0.25) is 0 Å². The molecule has 1 aromatic heterocycles. The maximum absolute atomic E-state index is 12.0. The summed E-state index contributed by atoms with van der Waals surface area (Å²) in [6, 6.07) is 7.31. The second-order valence-corrected chi connectivity index (χ2v) is 4.17. The standard InChI is InChI=1S/C13H13N5O/c1-7-4-3-5-10(9(7)6-14)16-13(19)12-11(15)8(2)17-18-12/h3-5H,15H2,1-2H3,(H,16,19)(H,17,18). The smallest absolute Gasteiger partial charge is 0.278 e. The zero-order chi connectivity index (χ0) is 14.0. The molecular formula is C13H13N5O. The predicted molar refractivity (Wildman–Crippen MR) is 71.6 cm³/mol. The fraction of sp³-hybridized carbons (Fsp3) is 0.154. The Labute approximate surface area is 110 Å². The molecule has 6 heteroatoms. The minimum absolute atomic E-state index is 0.128. The average Bonchev–Trinajstić information content (AvgIpc) is 2.70. The van der Waals surface area contributed by atoms with Crippen molar-refractivity contribution in [1.29, 1.82) is 5.26 Å². The number of nitrogens with zero attached hydrogens (tertiary/aromatic N) is 2. The van der Waals surface area contributed by atoms with Crippen molar-refractivity contribution in [3.8, 4) is 6.07 Å². The van der Waals surface area contributed by atoms with Gasteiger partial charge in [0.2, 0.25) is 0 Å². The summed E-state index contributed by atoms with van der Waals surface area (Å²) < 4.78 is 0. The molecule has 0 spiro atoms. The second kappa shape index (κ2) is 4.82. The van der Waals surface area contributed by atoms with Crippen LogP contribution in [0, 0.1) is 25.2 Å². The van der Waals surface area contributed by atoms with Crippen LogP contribution in [0.3, 0.4) is 0 Å². The first-order valence-corrected chi connectivity index (χ1v) is 5.66. The number of aryl methyl sites for hydroxylation is 2. The molecule has 0 fully saturated rings. The van der Waals surface area contributed by atoms with E-state index in [4.69, 9.17) is 11.0 Å². The van der Waals surface area contributed by atoms with Gasteiger partial charge in [-0.15, -0.1) is 0 Å². The molecule has 1 heterocycles. The molecule has 4 N–H and O–H groups in total. The number of rotatable bonds is 2. The van der Waals surface area contributed by atoms with Crippen LogP contribution < -0.4 is 11.1 Å². The number of carbonyl (C=O) groups is 1. The maximum atomic E-state index is 12.0. The molecule has 0 saturated heterocycles. The summed E-state index contributed by atoms with van der Waals surface area (Å²) >= 11 is 0. The van der Waals surface area contributed by atoms with E-state index >= 15 is 0 Å². The number of hydrogen-bond donors (Lipinski definition) is 3. The van der Waals surface area contributed by atoms with Crippen molar-refractivity contribution in [2.45, 2.75) is 13.8 Å². The van der Waals surface area contributed by atoms with E-state index in [1.165, 1.54) is 0 Å². The number of nitrogens with two attached hydrogens (primary N) is 1. The van der Waals surface area contributed by atoms with Crippen molar-refractivity contribution in [2.24, 2.45) is 0 Å². The third-order valence-electron chi connectivity index (χ3n) is 2.84. The summed E-state index contributed by atoms with van der Waals surface area (Å²) in [4.78, 5) is 12.0. The van der Waals surface area contributed by atoms with Gasteiger partial charge in [-0.1, -0.05) is 12.1 Å². The molecular weight excluding hydrogens is 242 g/mol. The van der Waals surface area contributed by atoms with E-state index in [1.807, 2.05) is 0 Å². The van der Waals surface area contributed by atoms with Gasteiger partial charge >= 0.3 is 0 Å². The lowest BCUT2D eigenvalue weighted by atomic mass is 10.1. The molecule has 19 heavy (non-hydrogen) atoms. The summed E-state index contributed by atoms with van der Waals surface area (Å²) in [6.45, 7) is 3.54. The Hall–Kier alpha value is -2.81. The fourth-order valence-corrected chi connectivity index (χ4v) is 1.71. The molecule has 0 aliphatic heterocycles. The highest BCUT2D eigenvalue weighted by Gasteiger charge is 2.17. The quantitative estimate of drug-likeness (QED) is 0.759. The van der Waals surface area contributed by atoms with E-state index in [0.717, 1.165) is 5.56 Å². The summed E-state index contributed by atoms with van der Waals surface area (Å²) in [5.41, 5.74) is 8.49. The highest BCUT2D eigenvalue weighted by atomic mass is 16.2. The topological polar surface area (TPSA) is 108 Å². The van der Waals surface area contributed by atoms with Gasteiger partial charge in [0.1, 0.15) is 6.07 Å². The number of nitrogens with one attached hydrogen (secondary N) is 2. The molecule has 0 bridgehead atoms. The van der Waals surface area contributed by atoms with Crippen LogP contribution in [-0.2, 0) is 0 Å². The van der Waals surface area contributed by atoms with Gasteiger partial charge in [0, 0.05) is 0 Å². The Morgan fingerprint density at radius 2 is 2.21 bits per heavy atom. The fourth-order valence-electron chi connectivity index (χ4n) is 1.71. The third-order valence-corrected chi connectivity index (χ3v) is 2.84. The minimum Gasteiger partial charge on any atom is -0.395 e. The summed E-state index contributed by atoms with van der Waals surface area (Å²) in [7, 11) is 0. The molecule has 1 aromatic carbocycles. The van der Waals surface area contributed by atoms with Crippen LogP contribution in [-0.4, -0.2) is 16.1 Å². The van der Waals surface area contributed by atoms with Crippen molar-refractivity contribution in [2.75, 3.05) is 11.1 Å². The first-order valence-electron chi connectivity index (χ1n) is 5.66. The number of aromatic amines is 1. The lowest BCUT2D eigenvalue weighted by molar-refractivity contribution is 0.102. The van der Waals surface area contributed by atoms with Gasteiger partial charge in [-0.2, -0.15) is 10.4 Å². The molecule has 96 valence electrons. The minimum atomic E-state index is -0.441. The maximum Gasteiger partial charge on any atom is 0.278 e. The third kappa shape index (κ3) is 2.26. The number of benzene rings is 1. The summed E-state index contributed by atoms with van der Waals surface area (Å²) in [5, 5.41) is 18.2. The number of anilines is 2. The van der Waals surface area contributed by atoms with E-state index in [0.29, 0.717) is 22.6 Å². The van der Waals surface area contributed by atoms with Gasteiger partial charge in [-0.3, -0.25) is 9.89 Å². The molecule has 0 aliphatic rings. The van der Waals surface area contributed by atoms with Crippen LogP contribution in [0.1, 0.15) is 27.3 Å². The van der Waals surface area contributed by atoms with Crippen molar-refractivity contribution in [3.05, 3.63) is 40.7 Å². The van der Waals surface area contributed by atoms with E-state index in [9.17, 15) is 4.79 Å². The molecule has 2 rings (SSSR count). The lowest BCUT2D eigenvalue weighted by Gasteiger charge is -2.07. The van der Waals surface area contributed by atoms with Crippen molar-refractivity contribution in [1.82, 2.24) is 10.2 Å². The van der Waals surface area contributed by atoms with Gasteiger partial charge < -0.3 is 11.1 Å². The van der Waals surface area contributed by atoms with Gasteiger partial charge in [0.05, 0.1) is 22.6 Å². The van der Waals surface area contributed by atoms with E-state index in [2.05, 4.69) is 21.6 Å². The van der Waals surface area contributed by atoms with E-state index < -0.39 is 5.91 Å². The van der Waals surface area contributed by atoms with Crippen molar-refractivity contribution < 1.29 is 4.79 Å². The number of H-pyrrole nitrogens is 1. The first kappa shape index (κ1) is 12.6. The number of amides is 1. The second-order valence-electron chi connectivity index (χ2n) is 4.17. The van der Waals surface area contributed by atoms with Crippen molar-refractivity contribution in [3.63, 3.8) is 0 Å². The Bertz CT molecular complexity index is 681. The predicted octanol–water partition coefficient (Wildman–Crippen LogP) is 1.73. The average molecular weight is 255 g/mol. The Morgan fingerprint density at radius 3 is 2.79 bits per heavy atom. The zero-order valence-corrected chi connectivity index (χ0v) is 10.6. The monoisotopic (exact) mass is 255 g/mol. The SMILES string of the molecule is Cc1cccc(NC(=O)c2n[nH]c(C)c2N)c1C#N. The van der Waals surface area contributed by atoms with Crippen molar-refractivity contribution >= 4 is 17.3 Å². The summed E-state index contributed by atoms with van der Waals surface area (Å²) in [6.07, 6.45) is 0. The van der Waals surface area contributed by atoms with Gasteiger partial charge in [0.25, 0.3) is 5.91 Å². The van der Waals surface area contributed by atoms with Crippen LogP contribution >= 0.6 is 0 Å². The number of carbonyl (C=O) groups excluding carboxylic acids is 1. The molecule has 2 aromatic rings. The van der Waals surface area contributed by atoms with Crippen LogP contribution in [0.5, 0.6) is 0 Å². The highest BCUT2D eigenvalue weighted by Crippen LogP contribution is 2.20. The number of aromatic nitrogens is 2. The van der Waals surface area contributed by atoms with Crippen LogP contribution in [0.4, 0.5) is 11.4 Å². The Kier molecular flexibility index (Phi) is 3.21. The zero-order valence-electron chi connectivity index (χ0n) is 10.6. The van der Waals surface area contributed by atoms with Crippen LogP contribution in [0.15, 0.2) is 18.2 Å². The lowest BCUT2D eigenvalue weighted by Crippen LogP contribution is -2.15. The Morgan fingerprint density at radius 1 is 1.47 bits per heavy atom. The van der Waals surface area contributed by atoms with Gasteiger partial charge in [0.15, 0.2) is 5.69 Å². The van der Waals surface area contributed by atoms with Gasteiger partial charge in [-0.25, -0.2) is 0 Å². The number of nitrogen functional groups attached to an aromatic ring is 1. The molecule has 0 radical (unpaired) electrons. The number of nitriles is 1. The van der Waals surface area contributed by atoms with Crippen LogP contribution in [0.25, 0.3) is 0 Å². The molecule has 0 unspecified atom stereocenters. The largest absolute Gasteiger partial charge is 0.395 e. The molecule has 1 amide bonds. The normalized spacial score (nSPS) is 9.95. The number of hydrogen-bond acceptors (Lipinski definition) is 4. The molecule has 0 saturated carbocycles. The molecule has 0 atom stereocenters. The first-order chi connectivity index (χ1) is 9.04.